The molecule has 0 spiro atoms. The van der Waals surface area contributed by atoms with E-state index in [2.05, 4.69) is 15.1 Å². The molecule has 0 bridgehead atoms. The van der Waals surface area contributed by atoms with E-state index in [1.54, 1.807) is 36.1 Å². The van der Waals surface area contributed by atoms with Gasteiger partial charge in [0.2, 0.25) is 5.91 Å². The van der Waals surface area contributed by atoms with Crippen LogP contribution in [0.15, 0.2) is 24.4 Å². The highest BCUT2D eigenvalue weighted by Gasteiger charge is 2.41. The summed E-state index contributed by atoms with van der Waals surface area (Å²) in [5, 5.41) is 7.32. The first-order valence-electron chi connectivity index (χ1n) is 8.52. The van der Waals surface area contributed by atoms with Crippen LogP contribution in [-0.2, 0) is 22.1 Å². The lowest BCUT2D eigenvalue weighted by molar-refractivity contribution is -0.120. The Bertz CT molecular complexity index is 1010. The number of aryl methyl sites for hydroxylation is 1. The summed E-state index contributed by atoms with van der Waals surface area (Å²) >= 11 is 6.01. The van der Waals surface area contributed by atoms with Gasteiger partial charge in [-0.2, -0.15) is 22.5 Å². The molecule has 0 unspecified atom stereocenters. The van der Waals surface area contributed by atoms with Gasteiger partial charge in [-0.1, -0.05) is 11.6 Å². The number of halogens is 1. The zero-order chi connectivity index (χ0) is 20.6. The van der Waals surface area contributed by atoms with Crippen LogP contribution in [0.2, 0.25) is 5.02 Å². The molecular formula is C17H22ClN5O4S. The first-order valence-corrected chi connectivity index (χ1v) is 10.3. The Kier molecular flexibility index (Phi) is 5.67. The number of rotatable bonds is 4. The van der Waals surface area contributed by atoms with Gasteiger partial charge in [-0.05, 0) is 31.5 Å². The molecule has 28 heavy (non-hydrogen) atoms. The second-order valence-corrected chi connectivity index (χ2v) is 8.78. The summed E-state index contributed by atoms with van der Waals surface area (Å²) in [6, 6.07) is 3.34. The van der Waals surface area contributed by atoms with E-state index in [9.17, 15) is 13.2 Å². The van der Waals surface area contributed by atoms with E-state index in [1.807, 2.05) is 6.92 Å². The van der Waals surface area contributed by atoms with Crippen molar-refractivity contribution in [1.29, 1.82) is 0 Å². The lowest BCUT2D eigenvalue weighted by Gasteiger charge is -2.36. The summed E-state index contributed by atoms with van der Waals surface area (Å²) in [5.74, 6) is -0.0449. The van der Waals surface area contributed by atoms with Crippen molar-refractivity contribution in [3.05, 3.63) is 40.7 Å². The van der Waals surface area contributed by atoms with Crippen molar-refractivity contribution in [2.24, 2.45) is 7.05 Å². The number of carbonyl (C=O) groups excluding carboxylic acids is 1. The van der Waals surface area contributed by atoms with Gasteiger partial charge in [0.25, 0.3) is 10.2 Å². The number of methoxy groups -OCH3 is 1. The zero-order valence-electron chi connectivity index (χ0n) is 15.9. The highest BCUT2D eigenvalue weighted by molar-refractivity contribution is 7.87. The maximum absolute atomic E-state index is 12.9. The van der Waals surface area contributed by atoms with Gasteiger partial charge in [0.15, 0.2) is 0 Å². The second-order valence-electron chi connectivity index (χ2n) is 6.59. The molecule has 1 aromatic heterocycles. The van der Waals surface area contributed by atoms with E-state index in [0.717, 1.165) is 15.6 Å². The number of aromatic nitrogens is 2. The molecule has 1 aliphatic rings. The number of nitrogens with one attached hydrogen (secondary N) is 2. The summed E-state index contributed by atoms with van der Waals surface area (Å²) in [4.78, 5) is 12.9. The van der Waals surface area contributed by atoms with E-state index < -0.39 is 28.2 Å². The number of carbonyl (C=O) groups is 1. The normalized spacial score (nSPS) is 22.0. The fraction of sp³-hybridized carbons (Fsp3) is 0.412. The van der Waals surface area contributed by atoms with Crippen molar-refractivity contribution >= 4 is 33.4 Å². The molecule has 0 aliphatic carbocycles. The number of likely N-dealkylation sites (N-methyl/N-ethyl adjacent to an activating group) is 1. The van der Waals surface area contributed by atoms with Crippen molar-refractivity contribution in [3.8, 4) is 5.75 Å². The summed E-state index contributed by atoms with van der Waals surface area (Å²) in [6.07, 6.45) is 1.86. The van der Waals surface area contributed by atoms with E-state index in [-0.39, 0.29) is 6.42 Å². The minimum absolute atomic E-state index is 0.247. The molecule has 3 rings (SSSR count). The quantitative estimate of drug-likeness (QED) is 0.771. The van der Waals surface area contributed by atoms with Crippen molar-refractivity contribution < 1.29 is 17.9 Å². The maximum Gasteiger partial charge on any atom is 0.280 e. The Labute approximate surface area is 168 Å². The molecule has 0 radical (unpaired) electrons. The third-order valence-corrected chi connectivity index (χ3v) is 6.77. The minimum Gasteiger partial charge on any atom is -0.495 e. The van der Waals surface area contributed by atoms with Crippen LogP contribution in [0.25, 0.3) is 0 Å². The smallest absolute Gasteiger partial charge is 0.280 e. The zero-order valence-corrected chi connectivity index (χ0v) is 17.5. The molecule has 2 N–H and O–H groups in total. The Morgan fingerprint density at radius 1 is 1.39 bits per heavy atom. The monoisotopic (exact) mass is 427 g/mol. The average molecular weight is 428 g/mol. The molecular weight excluding hydrogens is 406 g/mol. The number of amides is 1. The Morgan fingerprint density at radius 2 is 2.11 bits per heavy atom. The largest absolute Gasteiger partial charge is 0.495 e. The van der Waals surface area contributed by atoms with Crippen LogP contribution in [0, 0.1) is 6.92 Å². The molecule has 0 saturated carbocycles. The predicted octanol–water partition coefficient (Wildman–Crippen LogP) is 1.61. The fourth-order valence-corrected chi connectivity index (χ4v) is 4.60. The third kappa shape index (κ3) is 3.86. The van der Waals surface area contributed by atoms with E-state index in [1.165, 1.54) is 14.2 Å². The van der Waals surface area contributed by atoms with Crippen molar-refractivity contribution in [2.45, 2.75) is 25.4 Å². The van der Waals surface area contributed by atoms with Crippen molar-refractivity contribution in [1.82, 2.24) is 18.8 Å². The molecule has 2 aromatic rings. The molecule has 9 nitrogen and oxygen atoms in total. The van der Waals surface area contributed by atoms with Gasteiger partial charge in [0.1, 0.15) is 11.8 Å². The van der Waals surface area contributed by atoms with Gasteiger partial charge >= 0.3 is 0 Å². The van der Waals surface area contributed by atoms with Gasteiger partial charge in [-0.15, -0.1) is 0 Å². The number of anilines is 1. The summed E-state index contributed by atoms with van der Waals surface area (Å²) in [5.41, 5.74) is 1.93. The lowest BCUT2D eigenvalue weighted by atomic mass is 10.00. The van der Waals surface area contributed by atoms with Crippen LogP contribution >= 0.6 is 11.6 Å². The highest BCUT2D eigenvalue weighted by Crippen LogP contribution is 2.32. The Hall–Kier alpha value is -2.14. The number of hydrogen-bond donors (Lipinski definition) is 2. The van der Waals surface area contributed by atoms with Crippen LogP contribution in [0.1, 0.15) is 23.7 Å². The van der Waals surface area contributed by atoms with Crippen LogP contribution in [0.4, 0.5) is 5.69 Å². The molecule has 1 amide bonds. The SMILES string of the molecule is COc1ccc(Cl)cc1NC(=O)[C@H]1C[C@H](c2cnn(C)c2C)NS(=O)(=O)N1C. The Morgan fingerprint density at radius 3 is 2.71 bits per heavy atom. The second kappa shape index (κ2) is 7.70. The van der Waals surface area contributed by atoms with Gasteiger partial charge in [-0.3, -0.25) is 9.48 Å². The first-order chi connectivity index (χ1) is 13.1. The summed E-state index contributed by atoms with van der Waals surface area (Å²) in [7, 11) is 0.770. The molecule has 1 fully saturated rings. The molecule has 152 valence electrons. The average Bonchev–Trinajstić information content (AvgIpc) is 2.96. The number of hydrogen-bond acceptors (Lipinski definition) is 5. The molecule has 1 aliphatic heterocycles. The third-order valence-electron chi connectivity index (χ3n) is 4.94. The van der Waals surface area contributed by atoms with Gasteiger partial charge in [0, 0.05) is 30.4 Å². The fourth-order valence-electron chi connectivity index (χ4n) is 3.16. The molecule has 11 heteroatoms. The molecule has 2 atom stereocenters. The topological polar surface area (TPSA) is 106 Å². The standard InChI is InChI=1S/C17H22ClN5O4S/c1-10-12(9-19-22(10)2)13-8-15(23(3)28(25,26)21-13)17(24)20-14-7-11(18)5-6-16(14)27-4/h5-7,9,13,15,21H,8H2,1-4H3,(H,20,24)/t13-,15-/m1/s1. The lowest BCUT2D eigenvalue weighted by Crippen LogP contribution is -2.56. The number of ether oxygens (including phenoxy) is 1. The van der Waals surface area contributed by atoms with Gasteiger partial charge < -0.3 is 10.1 Å². The van der Waals surface area contributed by atoms with Gasteiger partial charge in [0.05, 0.1) is 25.0 Å². The van der Waals surface area contributed by atoms with Gasteiger partial charge in [-0.25, -0.2) is 0 Å². The molecule has 2 heterocycles. The summed E-state index contributed by atoms with van der Waals surface area (Å²) < 4.78 is 35.7. The predicted molar refractivity (Wildman–Crippen MR) is 106 cm³/mol. The summed E-state index contributed by atoms with van der Waals surface area (Å²) in [6.45, 7) is 1.85. The minimum atomic E-state index is -3.85. The number of nitrogens with zero attached hydrogens (tertiary/aromatic N) is 3. The van der Waals surface area contributed by atoms with E-state index in [4.69, 9.17) is 16.3 Å². The van der Waals surface area contributed by atoms with Crippen molar-refractivity contribution in [2.75, 3.05) is 19.5 Å². The van der Waals surface area contributed by atoms with Crippen LogP contribution < -0.4 is 14.8 Å². The van der Waals surface area contributed by atoms with E-state index >= 15 is 0 Å². The Balaban J connectivity index is 1.90. The number of benzene rings is 1. The highest BCUT2D eigenvalue weighted by atomic mass is 35.5. The van der Waals surface area contributed by atoms with Crippen LogP contribution in [0.3, 0.4) is 0 Å². The first kappa shape index (κ1) is 20.6. The molecule has 1 aromatic carbocycles. The van der Waals surface area contributed by atoms with Crippen molar-refractivity contribution in [3.63, 3.8) is 0 Å². The van der Waals surface area contributed by atoms with E-state index in [0.29, 0.717) is 16.5 Å². The molecule has 1 saturated heterocycles. The maximum atomic E-state index is 12.9. The van der Waals surface area contributed by atoms with Crippen LogP contribution in [-0.4, -0.2) is 48.6 Å². The van der Waals surface area contributed by atoms with Crippen LogP contribution in [0.5, 0.6) is 5.75 Å².